The van der Waals surface area contributed by atoms with Crippen molar-refractivity contribution >= 4 is 17.5 Å². The molecule has 0 aromatic heterocycles. The van der Waals surface area contributed by atoms with Crippen LogP contribution in [0.1, 0.15) is 18.9 Å². The Bertz CT molecular complexity index is 563. The number of hydrogen-bond acceptors (Lipinski definition) is 4. The third-order valence-electron chi connectivity index (χ3n) is 3.31. The molecule has 5 nitrogen and oxygen atoms in total. The highest BCUT2D eigenvalue weighted by Gasteiger charge is 2.34. The summed E-state index contributed by atoms with van der Waals surface area (Å²) in [4.78, 5) is 24.4. The number of halogens is 2. The van der Waals surface area contributed by atoms with E-state index < -0.39 is 29.5 Å². The Balaban J connectivity index is 2.45. The van der Waals surface area contributed by atoms with Crippen LogP contribution in [0, 0.1) is 11.6 Å². The molecule has 1 fully saturated rings. The number of anilines is 1. The summed E-state index contributed by atoms with van der Waals surface area (Å²) in [6.07, 6.45) is 0.374. The van der Waals surface area contributed by atoms with E-state index in [4.69, 9.17) is 5.73 Å². The van der Waals surface area contributed by atoms with Crippen molar-refractivity contribution in [3.05, 3.63) is 29.3 Å². The second kappa shape index (κ2) is 5.54. The standard InChI is InChI=1S/C13H15F2N3O2/c1-2-8-13(20)17-10(19)6-18(8)9-4-3-7(5-16)11(14)12(9)15/h3-4,8H,2,5-6,16H2,1H3,(H,17,19,20). The number of carbonyl (C=O) groups is 2. The first-order valence-corrected chi connectivity index (χ1v) is 6.26. The van der Waals surface area contributed by atoms with E-state index in [1.54, 1.807) is 6.92 Å². The quantitative estimate of drug-likeness (QED) is 0.799. The maximum atomic E-state index is 14.1. The fourth-order valence-electron chi connectivity index (χ4n) is 2.28. The fraction of sp³-hybridized carbons (Fsp3) is 0.385. The molecule has 7 heteroatoms. The molecule has 1 aliphatic heterocycles. The van der Waals surface area contributed by atoms with Gasteiger partial charge in [0.25, 0.3) is 0 Å². The normalized spacial score (nSPS) is 19.2. The van der Waals surface area contributed by atoms with Gasteiger partial charge in [-0.25, -0.2) is 8.78 Å². The highest BCUT2D eigenvalue weighted by atomic mass is 19.2. The summed E-state index contributed by atoms with van der Waals surface area (Å²) >= 11 is 0. The molecule has 20 heavy (non-hydrogen) atoms. The van der Waals surface area contributed by atoms with Crippen LogP contribution in [-0.4, -0.2) is 24.4 Å². The minimum atomic E-state index is -1.09. The highest BCUT2D eigenvalue weighted by molar-refractivity contribution is 6.04. The van der Waals surface area contributed by atoms with E-state index in [2.05, 4.69) is 5.32 Å². The monoisotopic (exact) mass is 283 g/mol. The van der Waals surface area contributed by atoms with Gasteiger partial charge in [0.2, 0.25) is 11.8 Å². The van der Waals surface area contributed by atoms with Crippen molar-refractivity contribution in [1.82, 2.24) is 5.32 Å². The van der Waals surface area contributed by atoms with Crippen LogP contribution >= 0.6 is 0 Å². The zero-order valence-corrected chi connectivity index (χ0v) is 11.0. The summed E-state index contributed by atoms with van der Waals surface area (Å²) in [6.45, 7) is 1.41. The molecule has 2 amide bonds. The van der Waals surface area contributed by atoms with E-state index in [9.17, 15) is 18.4 Å². The minimum absolute atomic E-state index is 0.0482. The Morgan fingerprint density at radius 3 is 2.65 bits per heavy atom. The lowest BCUT2D eigenvalue weighted by Gasteiger charge is -2.35. The molecule has 0 bridgehead atoms. The van der Waals surface area contributed by atoms with Gasteiger partial charge in [-0.05, 0) is 12.5 Å². The molecule has 1 aromatic rings. The van der Waals surface area contributed by atoms with Gasteiger partial charge in [-0.2, -0.15) is 0 Å². The van der Waals surface area contributed by atoms with Crippen LogP contribution in [0.25, 0.3) is 0 Å². The predicted octanol–water partition coefficient (Wildman–Crippen LogP) is 0.665. The maximum absolute atomic E-state index is 14.1. The Labute approximate surface area is 114 Å². The number of hydrogen-bond donors (Lipinski definition) is 2. The van der Waals surface area contributed by atoms with Crippen LogP contribution < -0.4 is 16.0 Å². The molecule has 1 saturated heterocycles. The number of nitrogens with one attached hydrogen (secondary N) is 1. The van der Waals surface area contributed by atoms with Gasteiger partial charge in [0.1, 0.15) is 6.04 Å². The molecule has 1 aromatic carbocycles. The van der Waals surface area contributed by atoms with E-state index in [0.717, 1.165) is 0 Å². The van der Waals surface area contributed by atoms with Crippen LogP contribution in [-0.2, 0) is 16.1 Å². The number of rotatable bonds is 3. The summed E-state index contributed by atoms with van der Waals surface area (Å²) in [5.41, 5.74) is 5.25. The Hall–Kier alpha value is -2.02. The lowest BCUT2D eigenvalue weighted by Crippen LogP contribution is -2.58. The van der Waals surface area contributed by atoms with Crippen molar-refractivity contribution in [2.45, 2.75) is 25.9 Å². The zero-order valence-electron chi connectivity index (χ0n) is 11.0. The molecule has 108 valence electrons. The molecule has 0 radical (unpaired) electrons. The van der Waals surface area contributed by atoms with Crippen molar-refractivity contribution in [3.8, 4) is 0 Å². The minimum Gasteiger partial charge on any atom is -0.348 e. The molecule has 1 unspecified atom stereocenters. The van der Waals surface area contributed by atoms with Crippen LogP contribution in [0.2, 0.25) is 0 Å². The third kappa shape index (κ3) is 2.36. The molecule has 1 aliphatic rings. The maximum Gasteiger partial charge on any atom is 0.249 e. The smallest absolute Gasteiger partial charge is 0.249 e. The van der Waals surface area contributed by atoms with Gasteiger partial charge in [0.05, 0.1) is 12.2 Å². The SMILES string of the molecule is CCC1C(=O)NC(=O)CN1c1ccc(CN)c(F)c1F. The Morgan fingerprint density at radius 1 is 1.35 bits per heavy atom. The average Bonchev–Trinajstić information content (AvgIpc) is 2.41. The van der Waals surface area contributed by atoms with Crippen molar-refractivity contribution in [1.29, 1.82) is 0 Å². The third-order valence-corrected chi connectivity index (χ3v) is 3.31. The molecule has 2 rings (SSSR count). The van der Waals surface area contributed by atoms with Gasteiger partial charge in [-0.15, -0.1) is 0 Å². The summed E-state index contributed by atoms with van der Waals surface area (Å²) in [7, 11) is 0. The summed E-state index contributed by atoms with van der Waals surface area (Å²) in [6, 6.07) is 2.00. The van der Waals surface area contributed by atoms with E-state index in [0.29, 0.717) is 6.42 Å². The summed E-state index contributed by atoms with van der Waals surface area (Å²) in [5.74, 6) is -3.18. The summed E-state index contributed by atoms with van der Waals surface area (Å²) in [5, 5.41) is 2.18. The Morgan fingerprint density at radius 2 is 2.05 bits per heavy atom. The van der Waals surface area contributed by atoms with Crippen LogP contribution in [0.15, 0.2) is 12.1 Å². The number of nitrogens with zero attached hydrogens (tertiary/aromatic N) is 1. The molecule has 3 N–H and O–H groups in total. The predicted molar refractivity (Wildman–Crippen MR) is 68.8 cm³/mol. The summed E-state index contributed by atoms with van der Waals surface area (Å²) < 4.78 is 27.9. The average molecular weight is 283 g/mol. The number of piperazine rings is 1. The van der Waals surface area contributed by atoms with Crippen LogP contribution in [0.4, 0.5) is 14.5 Å². The van der Waals surface area contributed by atoms with Crippen LogP contribution in [0.3, 0.4) is 0 Å². The molecule has 1 heterocycles. The Kier molecular flexibility index (Phi) is 3.99. The molecular formula is C13H15F2N3O2. The second-order valence-corrected chi connectivity index (χ2v) is 4.54. The van der Waals surface area contributed by atoms with E-state index in [1.807, 2.05) is 0 Å². The van der Waals surface area contributed by atoms with Crippen molar-refractivity contribution in [2.75, 3.05) is 11.4 Å². The topological polar surface area (TPSA) is 75.4 Å². The number of benzene rings is 1. The fourth-order valence-corrected chi connectivity index (χ4v) is 2.28. The first kappa shape index (κ1) is 14.4. The second-order valence-electron chi connectivity index (χ2n) is 4.54. The lowest BCUT2D eigenvalue weighted by molar-refractivity contribution is -0.132. The first-order valence-electron chi connectivity index (χ1n) is 6.26. The van der Waals surface area contributed by atoms with Crippen molar-refractivity contribution in [3.63, 3.8) is 0 Å². The van der Waals surface area contributed by atoms with Gasteiger partial charge in [-0.1, -0.05) is 13.0 Å². The van der Waals surface area contributed by atoms with E-state index in [1.165, 1.54) is 17.0 Å². The molecule has 0 spiro atoms. The van der Waals surface area contributed by atoms with E-state index in [-0.39, 0.29) is 24.3 Å². The highest BCUT2D eigenvalue weighted by Crippen LogP contribution is 2.27. The van der Waals surface area contributed by atoms with Gasteiger partial charge in [-0.3, -0.25) is 14.9 Å². The lowest BCUT2D eigenvalue weighted by atomic mass is 10.1. The first-order chi connectivity index (χ1) is 9.49. The van der Waals surface area contributed by atoms with Gasteiger partial charge >= 0.3 is 0 Å². The molecular weight excluding hydrogens is 268 g/mol. The molecule has 1 atom stereocenters. The van der Waals surface area contributed by atoms with Crippen molar-refractivity contribution in [2.24, 2.45) is 5.73 Å². The van der Waals surface area contributed by atoms with Crippen LogP contribution in [0.5, 0.6) is 0 Å². The number of nitrogens with two attached hydrogens (primary N) is 1. The largest absolute Gasteiger partial charge is 0.348 e. The van der Waals surface area contributed by atoms with Crippen molar-refractivity contribution < 1.29 is 18.4 Å². The van der Waals surface area contributed by atoms with E-state index >= 15 is 0 Å². The van der Waals surface area contributed by atoms with Gasteiger partial charge < -0.3 is 10.6 Å². The molecule has 0 saturated carbocycles. The zero-order chi connectivity index (χ0) is 14.9. The number of carbonyl (C=O) groups excluding carboxylic acids is 2. The number of imide groups is 1. The van der Waals surface area contributed by atoms with Gasteiger partial charge in [0.15, 0.2) is 11.6 Å². The number of amides is 2. The van der Waals surface area contributed by atoms with Gasteiger partial charge in [0, 0.05) is 12.1 Å². The molecule has 0 aliphatic carbocycles.